The van der Waals surface area contributed by atoms with Crippen LogP contribution in [0.5, 0.6) is 0 Å². The van der Waals surface area contributed by atoms with Gasteiger partial charge >= 0.3 is 0 Å². The highest BCUT2D eigenvalue weighted by Gasteiger charge is 2.57. The molecule has 0 amide bonds. The van der Waals surface area contributed by atoms with Gasteiger partial charge in [0.1, 0.15) is 0 Å². The summed E-state index contributed by atoms with van der Waals surface area (Å²) in [5.41, 5.74) is 0.335. The number of aliphatic imine (C=N–C) groups is 1. The molecule has 2 N–H and O–H groups in total. The van der Waals surface area contributed by atoms with Gasteiger partial charge < -0.3 is 20.1 Å². The van der Waals surface area contributed by atoms with Gasteiger partial charge in [0.2, 0.25) is 0 Å². The van der Waals surface area contributed by atoms with Crippen molar-refractivity contribution in [1.82, 2.24) is 10.6 Å². The molecule has 3 aliphatic rings. The Balaban J connectivity index is 0.00000261. The van der Waals surface area contributed by atoms with E-state index in [-0.39, 0.29) is 28.7 Å². The monoisotopic (exact) mass is 511 g/mol. The number of hydrogen-bond donors (Lipinski definition) is 2. The van der Waals surface area contributed by atoms with Gasteiger partial charge in [0.15, 0.2) is 5.96 Å². The summed E-state index contributed by atoms with van der Waals surface area (Å²) >= 11 is 2.07. The second-order valence-corrected chi connectivity index (χ2v) is 9.70. The molecule has 0 radical (unpaired) electrons. The van der Waals surface area contributed by atoms with Gasteiger partial charge in [0, 0.05) is 49.6 Å². The van der Waals surface area contributed by atoms with Crippen molar-refractivity contribution in [3.8, 4) is 0 Å². The first-order chi connectivity index (χ1) is 12.7. The molecule has 3 fully saturated rings. The van der Waals surface area contributed by atoms with E-state index in [1.54, 1.807) is 0 Å². The molecule has 3 rings (SSSR count). The highest BCUT2D eigenvalue weighted by atomic mass is 127. The van der Waals surface area contributed by atoms with Crippen LogP contribution in [0.4, 0.5) is 0 Å². The van der Waals surface area contributed by atoms with Crippen molar-refractivity contribution >= 4 is 41.7 Å². The van der Waals surface area contributed by atoms with Gasteiger partial charge in [-0.15, -0.1) is 24.0 Å². The van der Waals surface area contributed by atoms with E-state index in [0.717, 1.165) is 57.3 Å². The van der Waals surface area contributed by atoms with Gasteiger partial charge in [-0.2, -0.15) is 11.8 Å². The molecular weight excluding hydrogens is 473 g/mol. The first kappa shape index (κ1) is 23.5. The lowest BCUT2D eigenvalue weighted by Crippen LogP contribution is -2.65. The fraction of sp³-hybridized carbons (Fsp3) is 0.950. The van der Waals surface area contributed by atoms with Crippen molar-refractivity contribution in [1.29, 1.82) is 0 Å². The van der Waals surface area contributed by atoms with Crippen LogP contribution in [0.25, 0.3) is 0 Å². The Morgan fingerprint density at radius 3 is 2.48 bits per heavy atom. The molecule has 2 saturated carbocycles. The number of hydrogen-bond acceptors (Lipinski definition) is 4. The Bertz CT molecular complexity index is 474. The molecule has 1 saturated heterocycles. The predicted molar refractivity (Wildman–Crippen MR) is 126 cm³/mol. The molecule has 1 heterocycles. The first-order valence-electron chi connectivity index (χ1n) is 10.5. The lowest BCUT2D eigenvalue weighted by atomic mass is 9.60. The van der Waals surface area contributed by atoms with Gasteiger partial charge in [0.05, 0.1) is 6.10 Å². The van der Waals surface area contributed by atoms with Crippen LogP contribution in [-0.2, 0) is 9.47 Å². The van der Waals surface area contributed by atoms with Gasteiger partial charge in [0.25, 0.3) is 0 Å². The zero-order valence-corrected chi connectivity index (χ0v) is 20.4. The van der Waals surface area contributed by atoms with Gasteiger partial charge in [-0.3, -0.25) is 4.99 Å². The maximum atomic E-state index is 6.05. The summed E-state index contributed by atoms with van der Waals surface area (Å²) in [7, 11) is 1.89. The summed E-state index contributed by atoms with van der Waals surface area (Å²) in [5.74, 6) is 2.11. The summed E-state index contributed by atoms with van der Waals surface area (Å²) in [6, 6.07) is 0.497. The van der Waals surface area contributed by atoms with Gasteiger partial charge in [-0.1, -0.05) is 19.8 Å². The molecule has 2 atom stereocenters. The number of thioether (sulfide) groups is 1. The largest absolute Gasteiger partial charge is 0.381 e. The van der Waals surface area contributed by atoms with Crippen LogP contribution < -0.4 is 10.6 Å². The number of nitrogens with zero attached hydrogens (tertiary/aromatic N) is 1. The van der Waals surface area contributed by atoms with E-state index in [9.17, 15) is 0 Å². The van der Waals surface area contributed by atoms with Crippen molar-refractivity contribution in [2.24, 2.45) is 10.4 Å². The number of rotatable bonds is 7. The highest BCUT2D eigenvalue weighted by Crippen LogP contribution is 2.54. The number of nitrogens with one attached hydrogen (secondary N) is 2. The van der Waals surface area contributed by atoms with Crippen LogP contribution >= 0.6 is 35.7 Å². The average molecular weight is 512 g/mol. The molecule has 1 aliphatic heterocycles. The summed E-state index contributed by atoms with van der Waals surface area (Å²) in [6.45, 7) is 7.91. The molecule has 2 unspecified atom stereocenters. The fourth-order valence-electron chi connectivity index (χ4n) is 5.12. The molecule has 1 spiro atoms. The van der Waals surface area contributed by atoms with Crippen molar-refractivity contribution in [3.05, 3.63) is 0 Å². The highest BCUT2D eigenvalue weighted by molar-refractivity contribution is 14.0. The molecule has 7 heteroatoms. The molecule has 158 valence electrons. The van der Waals surface area contributed by atoms with E-state index in [1.807, 2.05) is 7.05 Å². The van der Waals surface area contributed by atoms with E-state index in [0.29, 0.717) is 17.6 Å². The van der Waals surface area contributed by atoms with Crippen LogP contribution in [-0.4, -0.2) is 62.0 Å². The fourth-order valence-corrected chi connectivity index (χ4v) is 6.36. The average Bonchev–Trinajstić information content (AvgIpc) is 3.17. The number of guanidine groups is 1. The predicted octanol–water partition coefficient (Wildman–Crippen LogP) is 3.81. The molecule has 5 nitrogen and oxygen atoms in total. The van der Waals surface area contributed by atoms with Gasteiger partial charge in [-0.25, -0.2) is 0 Å². The zero-order chi connectivity index (χ0) is 18.5. The summed E-state index contributed by atoms with van der Waals surface area (Å²) < 4.78 is 11.9. The summed E-state index contributed by atoms with van der Waals surface area (Å²) in [4.78, 5) is 4.52. The zero-order valence-electron chi connectivity index (χ0n) is 17.2. The Morgan fingerprint density at radius 1 is 1.19 bits per heavy atom. The minimum Gasteiger partial charge on any atom is -0.381 e. The van der Waals surface area contributed by atoms with Crippen LogP contribution in [0, 0.1) is 5.41 Å². The standard InChI is InChI=1S/C20H37N3O2S.HI/c1-4-25-17-14-16(20(17)8-6-7-9-20)23-18(21-3)22-15-19(26-5-2)10-12-24-13-11-19;/h16-17H,4-15H2,1-3H3,(H2,21,22,23);1H. The van der Waals surface area contributed by atoms with E-state index >= 15 is 0 Å². The second kappa shape index (κ2) is 10.9. The van der Waals surface area contributed by atoms with E-state index in [4.69, 9.17) is 9.47 Å². The summed E-state index contributed by atoms with van der Waals surface area (Å²) in [5, 5.41) is 7.38. The number of ether oxygens (including phenoxy) is 2. The molecule has 0 aromatic heterocycles. The summed E-state index contributed by atoms with van der Waals surface area (Å²) in [6.07, 6.45) is 9.04. The maximum absolute atomic E-state index is 6.05. The molecule has 0 aromatic carbocycles. The quantitative estimate of drug-likeness (QED) is 0.309. The van der Waals surface area contributed by atoms with E-state index in [2.05, 4.69) is 41.2 Å². The minimum atomic E-state index is 0. The SMILES string of the molecule is CCOC1CC(NC(=NC)NCC2(SCC)CCOCC2)C12CCCC2.I. The number of halogens is 1. The van der Waals surface area contributed by atoms with Crippen LogP contribution in [0.15, 0.2) is 4.99 Å². The van der Waals surface area contributed by atoms with Crippen molar-refractivity contribution in [2.75, 3.05) is 39.2 Å². The van der Waals surface area contributed by atoms with E-state index < -0.39 is 0 Å². The third kappa shape index (κ3) is 5.25. The third-order valence-corrected chi connectivity index (χ3v) is 8.11. The first-order valence-corrected chi connectivity index (χ1v) is 11.5. The van der Waals surface area contributed by atoms with Crippen molar-refractivity contribution in [2.45, 2.75) is 75.7 Å². The van der Waals surface area contributed by atoms with Crippen LogP contribution in [0.2, 0.25) is 0 Å². The molecular formula is C20H38IN3O2S. The van der Waals surface area contributed by atoms with Crippen molar-refractivity contribution in [3.63, 3.8) is 0 Å². The van der Waals surface area contributed by atoms with Crippen LogP contribution in [0.1, 0.15) is 58.8 Å². The Labute approximate surface area is 186 Å². The Morgan fingerprint density at radius 2 is 1.89 bits per heavy atom. The normalized spacial score (nSPS) is 29.1. The molecule has 0 aromatic rings. The van der Waals surface area contributed by atoms with E-state index in [1.165, 1.54) is 25.7 Å². The second-order valence-electron chi connectivity index (χ2n) is 7.97. The van der Waals surface area contributed by atoms with Gasteiger partial charge in [-0.05, 0) is 44.8 Å². The topological polar surface area (TPSA) is 54.9 Å². The van der Waals surface area contributed by atoms with Crippen molar-refractivity contribution < 1.29 is 9.47 Å². The Kier molecular flexibility index (Phi) is 9.49. The lowest BCUT2D eigenvalue weighted by molar-refractivity contribution is -0.125. The minimum absolute atomic E-state index is 0. The molecule has 27 heavy (non-hydrogen) atoms. The molecule has 2 aliphatic carbocycles. The lowest BCUT2D eigenvalue weighted by Gasteiger charge is -2.54. The Hall–Kier alpha value is 0.270. The van der Waals surface area contributed by atoms with Crippen LogP contribution in [0.3, 0.4) is 0 Å². The molecule has 0 bridgehead atoms. The third-order valence-electron chi connectivity index (χ3n) is 6.65. The maximum Gasteiger partial charge on any atom is 0.191 e. The smallest absolute Gasteiger partial charge is 0.191 e.